The number of fused-ring (bicyclic) bond motifs is 1. The van der Waals surface area contributed by atoms with Crippen LogP contribution in [0.2, 0.25) is 0 Å². The van der Waals surface area contributed by atoms with Gasteiger partial charge >= 0.3 is 0 Å². The molecule has 1 aliphatic rings. The fourth-order valence-corrected chi connectivity index (χ4v) is 4.66. The van der Waals surface area contributed by atoms with Crippen molar-refractivity contribution in [2.24, 2.45) is 5.41 Å². The molecule has 3 aromatic rings. The van der Waals surface area contributed by atoms with Crippen LogP contribution in [0, 0.1) is 5.41 Å². The van der Waals surface area contributed by atoms with E-state index in [0.717, 1.165) is 32.1 Å². The minimum atomic E-state index is -0.229. The van der Waals surface area contributed by atoms with E-state index < -0.39 is 0 Å². The number of amides is 1. The van der Waals surface area contributed by atoms with Crippen LogP contribution in [0.1, 0.15) is 68.6 Å². The average molecular weight is 488 g/mol. The van der Waals surface area contributed by atoms with E-state index in [1.54, 1.807) is 24.3 Å². The number of anilines is 3. The van der Waals surface area contributed by atoms with Crippen LogP contribution in [-0.4, -0.2) is 33.1 Å². The van der Waals surface area contributed by atoms with Gasteiger partial charge in [-0.25, -0.2) is 4.98 Å². The van der Waals surface area contributed by atoms with Gasteiger partial charge in [-0.1, -0.05) is 70.5 Å². The third-order valence-corrected chi connectivity index (χ3v) is 6.74. The number of carbonyl (C=O) groups excluding carboxylic acids is 1. The summed E-state index contributed by atoms with van der Waals surface area (Å²) in [5.74, 6) is 0.693. The van der Waals surface area contributed by atoms with Crippen LogP contribution in [0.5, 0.6) is 5.75 Å². The second kappa shape index (κ2) is 11.0. The molecule has 4 N–H and O–H groups in total. The number of phenols is 1. The van der Waals surface area contributed by atoms with E-state index >= 15 is 0 Å². The second-order valence-corrected chi connectivity index (χ2v) is 10.6. The molecule has 2 aromatic carbocycles. The summed E-state index contributed by atoms with van der Waals surface area (Å²) in [6, 6.07) is 17.2. The van der Waals surface area contributed by atoms with Gasteiger partial charge in [-0.05, 0) is 54.4 Å². The van der Waals surface area contributed by atoms with Gasteiger partial charge in [-0.15, -0.1) is 0 Å². The number of para-hydroxylation sites is 2. The second-order valence-electron chi connectivity index (χ2n) is 10.6. The molecule has 0 fully saturated rings. The Kier molecular flexibility index (Phi) is 7.77. The molecule has 2 atom stereocenters. The molecule has 0 spiro atoms. The summed E-state index contributed by atoms with van der Waals surface area (Å²) in [6.07, 6.45) is 4.65. The van der Waals surface area contributed by atoms with E-state index in [4.69, 9.17) is 0 Å². The number of carbonyl (C=O) groups is 1. The topological polar surface area (TPSA) is 99.2 Å². The number of nitrogens with zero attached hydrogens (tertiary/aromatic N) is 2. The van der Waals surface area contributed by atoms with Crippen molar-refractivity contribution in [3.05, 3.63) is 71.4 Å². The maximum absolute atomic E-state index is 13.4. The number of aromatic nitrogens is 2. The largest absolute Gasteiger partial charge is 0.506 e. The van der Waals surface area contributed by atoms with Gasteiger partial charge < -0.3 is 21.1 Å². The zero-order valence-electron chi connectivity index (χ0n) is 21.6. The summed E-state index contributed by atoms with van der Waals surface area (Å²) in [5, 5.41) is 20.0. The van der Waals surface area contributed by atoms with E-state index in [2.05, 4.69) is 71.8 Å². The van der Waals surface area contributed by atoms with E-state index in [1.807, 2.05) is 12.1 Å². The Labute approximate surface area is 213 Å². The molecular formula is C29H37N5O2. The first-order valence-corrected chi connectivity index (χ1v) is 12.8. The first kappa shape index (κ1) is 25.5. The Morgan fingerprint density at radius 1 is 1.08 bits per heavy atom. The quantitative estimate of drug-likeness (QED) is 0.298. The lowest BCUT2D eigenvalue weighted by molar-refractivity contribution is 0.0928. The van der Waals surface area contributed by atoms with Crippen molar-refractivity contribution >= 4 is 23.4 Å². The zero-order chi connectivity index (χ0) is 25.7. The molecule has 1 amide bonds. The molecule has 1 heterocycles. The Hall–Kier alpha value is -3.61. The lowest BCUT2D eigenvalue weighted by Crippen LogP contribution is -2.39. The van der Waals surface area contributed by atoms with Crippen molar-refractivity contribution in [1.82, 2.24) is 15.3 Å². The smallest absolute Gasteiger partial charge is 0.270 e. The predicted octanol–water partition coefficient (Wildman–Crippen LogP) is 5.84. The molecule has 7 heteroatoms. The van der Waals surface area contributed by atoms with Crippen LogP contribution in [0.15, 0.2) is 54.6 Å². The van der Waals surface area contributed by atoms with Crippen LogP contribution in [0.3, 0.4) is 0 Å². The number of aromatic hydroxyl groups is 1. The molecule has 0 saturated carbocycles. The summed E-state index contributed by atoms with van der Waals surface area (Å²) in [7, 11) is 0. The number of hydrogen-bond acceptors (Lipinski definition) is 6. The fraction of sp³-hybridized carbons (Fsp3) is 0.414. The normalized spacial score (nSPS) is 16.1. The van der Waals surface area contributed by atoms with Crippen molar-refractivity contribution in [3.63, 3.8) is 0 Å². The van der Waals surface area contributed by atoms with Gasteiger partial charge in [0.25, 0.3) is 5.91 Å². The van der Waals surface area contributed by atoms with Crippen LogP contribution >= 0.6 is 0 Å². The van der Waals surface area contributed by atoms with Crippen LogP contribution in [-0.2, 0) is 12.8 Å². The highest BCUT2D eigenvalue weighted by molar-refractivity contribution is 5.93. The molecule has 0 saturated heterocycles. The lowest BCUT2D eigenvalue weighted by Gasteiger charge is -2.32. The summed E-state index contributed by atoms with van der Waals surface area (Å²) in [4.78, 5) is 22.5. The van der Waals surface area contributed by atoms with Gasteiger partial charge in [0.05, 0.1) is 5.69 Å². The monoisotopic (exact) mass is 487 g/mol. The Balaban J connectivity index is 1.60. The minimum absolute atomic E-state index is 0.00413. The summed E-state index contributed by atoms with van der Waals surface area (Å²) < 4.78 is 0. The summed E-state index contributed by atoms with van der Waals surface area (Å²) >= 11 is 0. The summed E-state index contributed by atoms with van der Waals surface area (Å²) in [5.41, 5.74) is 3.41. The highest BCUT2D eigenvalue weighted by Gasteiger charge is 2.26. The molecule has 1 aromatic heterocycles. The molecule has 2 unspecified atom stereocenters. The SMILES string of the molecule is CCCC(Nc1cc(C(=O)NC2CCc3ccccc3C2)nc(Nc2ccccc2O)n1)C(C)(C)C. The number of rotatable bonds is 8. The van der Waals surface area contributed by atoms with Crippen LogP contribution in [0.25, 0.3) is 0 Å². The van der Waals surface area contributed by atoms with Gasteiger partial charge in [0.15, 0.2) is 0 Å². The number of hydrogen-bond donors (Lipinski definition) is 4. The van der Waals surface area contributed by atoms with Crippen molar-refractivity contribution < 1.29 is 9.90 Å². The number of aryl methyl sites for hydroxylation is 1. The van der Waals surface area contributed by atoms with Crippen molar-refractivity contribution in [1.29, 1.82) is 0 Å². The number of benzene rings is 2. The first-order valence-electron chi connectivity index (χ1n) is 12.8. The van der Waals surface area contributed by atoms with Crippen LogP contribution < -0.4 is 16.0 Å². The molecule has 0 aliphatic heterocycles. The van der Waals surface area contributed by atoms with E-state index in [0.29, 0.717) is 11.5 Å². The van der Waals surface area contributed by atoms with Gasteiger partial charge in [0.1, 0.15) is 17.3 Å². The van der Waals surface area contributed by atoms with Gasteiger partial charge in [-0.3, -0.25) is 4.79 Å². The fourth-order valence-electron chi connectivity index (χ4n) is 4.66. The maximum Gasteiger partial charge on any atom is 0.270 e. The minimum Gasteiger partial charge on any atom is -0.506 e. The molecule has 0 radical (unpaired) electrons. The lowest BCUT2D eigenvalue weighted by atomic mass is 9.84. The molecule has 0 bridgehead atoms. The van der Waals surface area contributed by atoms with Crippen molar-refractivity contribution in [3.8, 4) is 5.75 Å². The maximum atomic E-state index is 13.4. The Morgan fingerprint density at radius 3 is 2.53 bits per heavy atom. The molecule has 1 aliphatic carbocycles. The van der Waals surface area contributed by atoms with E-state index in [9.17, 15) is 9.90 Å². The van der Waals surface area contributed by atoms with Crippen LogP contribution in [0.4, 0.5) is 17.5 Å². The third-order valence-electron chi connectivity index (χ3n) is 6.74. The highest BCUT2D eigenvalue weighted by atomic mass is 16.3. The number of nitrogens with one attached hydrogen (secondary N) is 3. The Bertz CT molecular complexity index is 1200. The zero-order valence-corrected chi connectivity index (χ0v) is 21.6. The first-order chi connectivity index (χ1) is 17.2. The molecular weight excluding hydrogens is 450 g/mol. The van der Waals surface area contributed by atoms with Gasteiger partial charge in [-0.2, -0.15) is 4.98 Å². The average Bonchev–Trinajstić information content (AvgIpc) is 2.84. The van der Waals surface area contributed by atoms with Crippen molar-refractivity contribution in [2.75, 3.05) is 10.6 Å². The highest BCUT2D eigenvalue weighted by Crippen LogP contribution is 2.29. The Morgan fingerprint density at radius 2 is 1.81 bits per heavy atom. The third kappa shape index (κ3) is 6.33. The number of phenolic OH excluding ortho intramolecular Hbond substituents is 1. The van der Waals surface area contributed by atoms with E-state index in [-0.39, 0.29) is 40.8 Å². The molecule has 7 nitrogen and oxygen atoms in total. The van der Waals surface area contributed by atoms with Crippen molar-refractivity contribution in [2.45, 2.75) is 71.9 Å². The standard InChI is InChI=1S/C29H37N5O2/c1-5-10-25(29(2,3)4)33-26-18-23(32-28(34-26)31-22-13-8-9-14-24(22)35)27(36)30-21-16-15-19-11-6-7-12-20(19)17-21/h6-9,11-14,18,21,25,35H,5,10,15-17H2,1-4H3,(H,30,36)(H2,31,32,33,34). The molecule has 4 rings (SSSR count). The molecule has 190 valence electrons. The predicted molar refractivity (Wildman–Crippen MR) is 145 cm³/mol. The van der Waals surface area contributed by atoms with Gasteiger partial charge in [0, 0.05) is 18.2 Å². The summed E-state index contributed by atoms with van der Waals surface area (Å²) in [6.45, 7) is 8.73. The molecule has 36 heavy (non-hydrogen) atoms. The van der Waals surface area contributed by atoms with E-state index in [1.165, 1.54) is 11.1 Å². The van der Waals surface area contributed by atoms with Gasteiger partial charge in [0.2, 0.25) is 5.95 Å².